The van der Waals surface area contributed by atoms with Crippen molar-refractivity contribution in [3.05, 3.63) is 94.0 Å². The molecule has 1 fully saturated rings. The molecule has 1 heterocycles. The van der Waals surface area contributed by atoms with E-state index in [1.807, 2.05) is 19.0 Å². The fourth-order valence-electron chi connectivity index (χ4n) is 4.15. The van der Waals surface area contributed by atoms with E-state index >= 15 is 0 Å². The van der Waals surface area contributed by atoms with Crippen LogP contribution in [0.2, 0.25) is 5.02 Å². The van der Waals surface area contributed by atoms with Crippen LogP contribution in [0.4, 0.5) is 24.5 Å². The summed E-state index contributed by atoms with van der Waals surface area (Å²) in [4.78, 5) is 29.4. The van der Waals surface area contributed by atoms with Crippen molar-refractivity contribution >= 4 is 40.4 Å². The quantitative estimate of drug-likeness (QED) is 0.247. The Labute approximate surface area is 216 Å². The lowest BCUT2D eigenvalue weighted by Gasteiger charge is -2.26. The fraction of sp³-hybridized carbons (Fsp3) is 0.185. The van der Waals surface area contributed by atoms with Gasteiger partial charge in [0.2, 0.25) is 0 Å². The van der Waals surface area contributed by atoms with Crippen LogP contribution in [-0.4, -0.2) is 38.0 Å². The lowest BCUT2D eigenvalue weighted by Crippen LogP contribution is -2.29. The second-order valence-corrected chi connectivity index (χ2v) is 8.96. The molecule has 1 saturated heterocycles. The molecule has 1 unspecified atom stereocenters. The predicted molar refractivity (Wildman–Crippen MR) is 135 cm³/mol. The molecule has 4 rings (SSSR count). The highest BCUT2D eigenvalue weighted by atomic mass is 35.5. The second kappa shape index (κ2) is 9.82. The first-order chi connectivity index (χ1) is 17.4. The Morgan fingerprint density at radius 1 is 1.00 bits per heavy atom. The molecule has 6 nitrogen and oxygen atoms in total. The first-order valence-corrected chi connectivity index (χ1v) is 11.4. The van der Waals surface area contributed by atoms with E-state index in [1.165, 1.54) is 25.3 Å². The van der Waals surface area contributed by atoms with E-state index in [0.29, 0.717) is 11.3 Å². The number of anilines is 2. The van der Waals surface area contributed by atoms with Crippen molar-refractivity contribution in [1.29, 1.82) is 0 Å². The van der Waals surface area contributed by atoms with Crippen molar-refractivity contribution < 1.29 is 32.6 Å². The topological polar surface area (TPSA) is 70.1 Å². The maximum Gasteiger partial charge on any atom is 0.416 e. The number of halogens is 4. The number of Topliss-reactive ketones (excluding diaryl/α,β-unsaturated/α-hetero) is 1. The van der Waals surface area contributed by atoms with Gasteiger partial charge in [-0.15, -0.1) is 0 Å². The van der Waals surface area contributed by atoms with Gasteiger partial charge in [-0.2, -0.15) is 13.2 Å². The minimum absolute atomic E-state index is 0.0728. The summed E-state index contributed by atoms with van der Waals surface area (Å²) in [7, 11) is 5.11. The summed E-state index contributed by atoms with van der Waals surface area (Å²) in [6, 6.07) is 14.1. The van der Waals surface area contributed by atoms with E-state index in [1.54, 1.807) is 24.3 Å². The van der Waals surface area contributed by atoms with Crippen LogP contribution in [0, 0.1) is 0 Å². The summed E-state index contributed by atoms with van der Waals surface area (Å²) in [5, 5.41) is 11.4. The summed E-state index contributed by atoms with van der Waals surface area (Å²) in [6.45, 7) is 0. The van der Waals surface area contributed by atoms with Crippen molar-refractivity contribution in [2.24, 2.45) is 0 Å². The average molecular weight is 531 g/mol. The molecular weight excluding hydrogens is 509 g/mol. The lowest BCUT2D eigenvalue weighted by atomic mass is 9.94. The number of hydrogen-bond donors (Lipinski definition) is 1. The second-order valence-electron chi connectivity index (χ2n) is 8.55. The van der Waals surface area contributed by atoms with Crippen molar-refractivity contribution in [2.45, 2.75) is 12.2 Å². The number of nitrogens with zero attached hydrogens (tertiary/aromatic N) is 2. The molecule has 1 aliphatic rings. The van der Waals surface area contributed by atoms with Crippen molar-refractivity contribution in [3.63, 3.8) is 0 Å². The number of alkyl halides is 3. The molecule has 37 heavy (non-hydrogen) atoms. The minimum Gasteiger partial charge on any atom is -0.507 e. The summed E-state index contributed by atoms with van der Waals surface area (Å²) in [6.07, 6.45) is -4.57. The van der Waals surface area contributed by atoms with Crippen LogP contribution in [0.15, 0.2) is 72.3 Å². The molecule has 0 bridgehead atoms. The molecule has 0 saturated carbocycles. The molecule has 0 aromatic heterocycles. The van der Waals surface area contributed by atoms with E-state index in [9.17, 15) is 27.9 Å². The van der Waals surface area contributed by atoms with Gasteiger partial charge in [-0.05, 0) is 60.2 Å². The highest BCUT2D eigenvalue weighted by molar-refractivity contribution is 6.51. The monoisotopic (exact) mass is 530 g/mol. The van der Waals surface area contributed by atoms with Crippen molar-refractivity contribution in [3.8, 4) is 5.75 Å². The third-order valence-electron chi connectivity index (χ3n) is 6.07. The number of aliphatic hydroxyl groups excluding tert-OH is 1. The fourth-order valence-corrected chi connectivity index (χ4v) is 4.41. The number of carbonyl (C=O) groups is 2. The van der Waals surface area contributed by atoms with Gasteiger partial charge in [-0.3, -0.25) is 14.5 Å². The van der Waals surface area contributed by atoms with Gasteiger partial charge in [0.05, 0.1) is 29.3 Å². The van der Waals surface area contributed by atoms with Crippen LogP contribution < -0.4 is 14.5 Å². The Hall–Kier alpha value is -3.98. The molecule has 1 amide bonds. The molecule has 0 spiro atoms. The van der Waals surface area contributed by atoms with Gasteiger partial charge in [0, 0.05) is 31.0 Å². The highest BCUT2D eigenvalue weighted by Gasteiger charge is 2.47. The van der Waals surface area contributed by atoms with E-state index in [-0.39, 0.29) is 21.8 Å². The largest absolute Gasteiger partial charge is 0.507 e. The first kappa shape index (κ1) is 26.1. The molecule has 3 aromatic rings. The Kier molecular flexibility index (Phi) is 6.92. The van der Waals surface area contributed by atoms with Crippen LogP contribution in [0.5, 0.6) is 5.75 Å². The number of hydrogen-bond acceptors (Lipinski definition) is 5. The molecule has 0 radical (unpaired) electrons. The summed E-state index contributed by atoms with van der Waals surface area (Å²) >= 11 is 6.20. The van der Waals surface area contributed by atoms with Gasteiger partial charge in [0.15, 0.2) is 0 Å². The lowest BCUT2D eigenvalue weighted by molar-refractivity contribution is -0.137. The molecule has 1 N–H and O–H groups in total. The van der Waals surface area contributed by atoms with E-state index in [2.05, 4.69) is 0 Å². The van der Waals surface area contributed by atoms with Crippen LogP contribution in [0.1, 0.15) is 22.7 Å². The molecule has 1 aliphatic heterocycles. The number of carbonyl (C=O) groups excluding carboxylic acids is 2. The summed E-state index contributed by atoms with van der Waals surface area (Å²) < 4.78 is 44.5. The van der Waals surface area contributed by atoms with E-state index < -0.39 is 35.2 Å². The minimum atomic E-state index is -4.57. The number of methoxy groups -OCH3 is 1. The molecular formula is C27H22ClF3N2O4. The summed E-state index contributed by atoms with van der Waals surface area (Å²) in [5.74, 6) is -2.09. The number of aliphatic hydroxyl groups is 1. The van der Waals surface area contributed by atoms with Crippen LogP contribution >= 0.6 is 11.6 Å². The molecule has 192 valence electrons. The average Bonchev–Trinajstić information content (AvgIpc) is 3.13. The maximum atomic E-state index is 13.2. The van der Waals surface area contributed by atoms with Crippen molar-refractivity contribution in [2.75, 3.05) is 31.0 Å². The number of ether oxygens (including phenoxy) is 1. The van der Waals surface area contributed by atoms with Gasteiger partial charge in [0.25, 0.3) is 11.7 Å². The zero-order valence-corrected chi connectivity index (χ0v) is 20.8. The smallest absolute Gasteiger partial charge is 0.416 e. The highest BCUT2D eigenvalue weighted by Crippen LogP contribution is 2.43. The standard InChI is InChI=1S/C27H22ClF3N2O4/c1-32(2)18-9-4-15(5-10-18)23-22(24(34)16-6-13-21(37-3)20(28)14-16)25(35)26(36)33(23)19-11-7-17(8-12-19)27(29,30)31/h4-14,23,34H,1-3H3/b24-22-. The zero-order chi connectivity index (χ0) is 27.1. The zero-order valence-electron chi connectivity index (χ0n) is 20.0. The maximum absolute atomic E-state index is 13.2. The number of rotatable bonds is 5. The van der Waals surface area contributed by atoms with E-state index in [4.69, 9.17) is 16.3 Å². The number of ketones is 1. The van der Waals surface area contributed by atoms with Crippen LogP contribution in [0.3, 0.4) is 0 Å². The van der Waals surface area contributed by atoms with Crippen LogP contribution in [-0.2, 0) is 15.8 Å². The Balaban J connectivity index is 1.90. The van der Waals surface area contributed by atoms with Gasteiger partial charge in [0.1, 0.15) is 11.5 Å². The Morgan fingerprint density at radius 3 is 2.14 bits per heavy atom. The van der Waals surface area contributed by atoms with Gasteiger partial charge < -0.3 is 14.7 Å². The van der Waals surface area contributed by atoms with Gasteiger partial charge in [-0.25, -0.2) is 0 Å². The SMILES string of the molecule is COc1ccc(/C(O)=C2/C(=O)C(=O)N(c3ccc(C(F)(F)F)cc3)C2c2ccc(N(C)C)cc2)cc1Cl. The Bertz CT molecular complexity index is 1380. The Morgan fingerprint density at radius 2 is 1.62 bits per heavy atom. The van der Waals surface area contributed by atoms with E-state index in [0.717, 1.165) is 34.9 Å². The molecule has 10 heteroatoms. The normalized spacial score (nSPS) is 17.3. The summed E-state index contributed by atoms with van der Waals surface area (Å²) in [5.41, 5.74) is 0.453. The third-order valence-corrected chi connectivity index (χ3v) is 6.36. The first-order valence-electron chi connectivity index (χ1n) is 11.0. The van der Waals surface area contributed by atoms with Crippen LogP contribution in [0.25, 0.3) is 5.76 Å². The third kappa shape index (κ3) is 4.86. The number of benzene rings is 3. The predicted octanol–water partition coefficient (Wildman–Crippen LogP) is 6.06. The molecule has 3 aromatic carbocycles. The van der Waals surface area contributed by atoms with Gasteiger partial charge in [-0.1, -0.05) is 23.7 Å². The van der Waals surface area contributed by atoms with Gasteiger partial charge >= 0.3 is 6.18 Å². The molecule has 0 aliphatic carbocycles. The molecule has 1 atom stereocenters. The van der Waals surface area contributed by atoms with Crippen molar-refractivity contribution in [1.82, 2.24) is 0 Å². The number of amides is 1.